The Morgan fingerprint density at radius 1 is 0.756 bits per heavy atom. The topological polar surface area (TPSA) is 107 Å². The van der Waals surface area contributed by atoms with Crippen LogP contribution < -0.4 is 0 Å². The number of ether oxygens (including phenoxy) is 2. The fourth-order valence-corrected chi connectivity index (χ4v) is 4.16. The molecule has 8 nitrogen and oxygen atoms in total. The Morgan fingerprint density at radius 2 is 1.39 bits per heavy atom. The number of rotatable bonds is 10. The number of nitrogens with one attached hydrogen (secondary N) is 1. The van der Waals surface area contributed by atoms with E-state index in [0.29, 0.717) is 11.5 Å². The van der Waals surface area contributed by atoms with Crippen LogP contribution in [0, 0.1) is 0 Å². The van der Waals surface area contributed by atoms with Gasteiger partial charge in [0.15, 0.2) is 0 Å². The van der Waals surface area contributed by atoms with Crippen LogP contribution in [0.15, 0.2) is 104 Å². The number of aromatic nitrogens is 1. The number of carbonyl (C=O) groups is 2. The summed E-state index contributed by atoms with van der Waals surface area (Å²) >= 11 is 0. The van der Waals surface area contributed by atoms with Crippen LogP contribution in [-0.4, -0.2) is 35.8 Å². The van der Waals surface area contributed by atoms with Gasteiger partial charge in [-0.25, -0.2) is 14.6 Å². The molecule has 3 aromatic heterocycles. The van der Waals surface area contributed by atoms with Crippen molar-refractivity contribution in [3.8, 4) is 0 Å². The van der Waals surface area contributed by atoms with E-state index in [1.165, 1.54) is 0 Å². The molecule has 5 rings (SSSR count). The van der Waals surface area contributed by atoms with Crippen molar-refractivity contribution >= 4 is 41.5 Å². The number of H-pyrrole nitrogens is 1. The molecular formula is C33H28N2O6. The average molecular weight is 549 g/mol. The van der Waals surface area contributed by atoms with E-state index < -0.39 is 11.9 Å². The first-order valence-corrected chi connectivity index (χ1v) is 13.2. The van der Waals surface area contributed by atoms with Crippen molar-refractivity contribution in [2.24, 2.45) is 4.99 Å². The number of hydrogen-bond donors (Lipinski definition) is 1. The Balaban J connectivity index is 1.38. The summed E-state index contributed by atoms with van der Waals surface area (Å²) in [5.41, 5.74) is 5.23. The highest BCUT2D eigenvalue weighted by Gasteiger charge is 2.16. The van der Waals surface area contributed by atoms with Gasteiger partial charge in [-0.05, 0) is 92.3 Å². The van der Waals surface area contributed by atoms with Gasteiger partial charge >= 0.3 is 11.9 Å². The third-order valence-electron chi connectivity index (χ3n) is 6.01. The first-order chi connectivity index (χ1) is 20.0. The SMILES string of the molecule is CCOC(=O)c1ccc(/C=C/C2=NC(=C(/c3ccccc3)c3ccc(/C=C/c4ccc(C(=O)OCC)o4)[nH]3)/C=C2)o1. The number of furan rings is 2. The van der Waals surface area contributed by atoms with Gasteiger partial charge in [-0.15, -0.1) is 0 Å². The maximum Gasteiger partial charge on any atom is 0.374 e. The summed E-state index contributed by atoms with van der Waals surface area (Å²) in [6.45, 7) is 4.06. The molecular weight excluding hydrogens is 520 g/mol. The zero-order chi connectivity index (χ0) is 28.6. The van der Waals surface area contributed by atoms with E-state index in [-0.39, 0.29) is 24.7 Å². The van der Waals surface area contributed by atoms with Crippen molar-refractivity contribution in [2.75, 3.05) is 13.2 Å². The number of nitrogens with zero attached hydrogens (tertiary/aromatic N) is 1. The smallest absolute Gasteiger partial charge is 0.374 e. The van der Waals surface area contributed by atoms with E-state index in [1.807, 2.05) is 66.8 Å². The normalized spacial score (nSPS) is 14.1. The van der Waals surface area contributed by atoms with Gasteiger partial charge in [-0.2, -0.15) is 0 Å². The van der Waals surface area contributed by atoms with Gasteiger partial charge in [-0.1, -0.05) is 30.3 Å². The number of aliphatic imine (C=N–C) groups is 1. The van der Waals surface area contributed by atoms with Gasteiger partial charge in [-0.3, -0.25) is 0 Å². The second-order valence-electron chi connectivity index (χ2n) is 8.84. The van der Waals surface area contributed by atoms with Crippen LogP contribution in [0.4, 0.5) is 0 Å². The van der Waals surface area contributed by atoms with Crippen LogP contribution in [0.2, 0.25) is 0 Å². The second kappa shape index (κ2) is 12.7. The number of benzene rings is 1. The molecule has 0 unspecified atom stereocenters. The largest absolute Gasteiger partial charge is 0.460 e. The molecule has 0 radical (unpaired) electrons. The van der Waals surface area contributed by atoms with Gasteiger partial charge in [0.1, 0.15) is 11.5 Å². The minimum atomic E-state index is -0.492. The highest BCUT2D eigenvalue weighted by molar-refractivity contribution is 6.10. The fraction of sp³-hybridized carbons (Fsp3) is 0.121. The molecule has 0 amide bonds. The lowest BCUT2D eigenvalue weighted by Gasteiger charge is -2.08. The zero-order valence-electron chi connectivity index (χ0n) is 22.6. The Bertz CT molecular complexity index is 1690. The highest BCUT2D eigenvalue weighted by Crippen LogP contribution is 2.30. The zero-order valence-corrected chi connectivity index (χ0v) is 22.6. The first-order valence-electron chi connectivity index (χ1n) is 13.2. The fourth-order valence-electron chi connectivity index (χ4n) is 4.16. The molecule has 1 aliphatic heterocycles. The van der Waals surface area contributed by atoms with Crippen molar-refractivity contribution in [1.29, 1.82) is 0 Å². The van der Waals surface area contributed by atoms with E-state index in [1.54, 1.807) is 50.3 Å². The molecule has 0 spiro atoms. The molecule has 41 heavy (non-hydrogen) atoms. The molecule has 0 atom stereocenters. The second-order valence-corrected chi connectivity index (χ2v) is 8.84. The lowest BCUT2D eigenvalue weighted by Crippen LogP contribution is -2.02. The summed E-state index contributed by atoms with van der Waals surface area (Å²) in [5.74, 6) is 0.405. The van der Waals surface area contributed by atoms with Crippen LogP contribution >= 0.6 is 0 Å². The third kappa shape index (κ3) is 6.62. The lowest BCUT2D eigenvalue weighted by molar-refractivity contribution is 0.0481. The van der Waals surface area contributed by atoms with Crippen LogP contribution in [0.3, 0.4) is 0 Å². The van der Waals surface area contributed by atoms with E-state index >= 15 is 0 Å². The quantitative estimate of drug-likeness (QED) is 0.210. The monoisotopic (exact) mass is 548 g/mol. The minimum Gasteiger partial charge on any atom is -0.460 e. The first kappa shape index (κ1) is 27.2. The predicted molar refractivity (Wildman–Crippen MR) is 157 cm³/mol. The molecule has 0 fully saturated rings. The molecule has 0 saturated carbocycles. The summed E-state index contributed by atoms with van der Waals surface area (Å²) in [5, 5.41) is 0. The van der Waals surface area contributed by atoms with Crippen LogP contribution in [0.5, 0.6) is 0 Å². The van der Waals surface area contributed by atoms with E-state index in [2.05, 4.69) is 4.98 Å². The van der Waals surface area contributed by atoms with E-state index in [4.69, 9.17) is 23.3 Å². The van der Waals surface area contributed by atoms with Gasteiger partial charge in [0, 0.05) is 17.0 Å². The molecule has 4 heterocycles. The number of aromatic amines is 1. The number of esters is 2. The van der Waals surface area contributed by atoms with Gasteiger partial charge < -0.3 is 23.3 Å². The Morgan fingerprint density at radius 3 is 2.02 bits per heavy atom. The van der Waals surface area contributed by atoms with Crippen LogP contribution in [0.25, 0.3) is 23.8 Å². The number of hydrogen-bond acceptors (Lipinski definition) is 7. The number of allylic oxidation sites excluding steroid dienone is 3. The molecule has 1 aromatic carbocycles. The Kier molecular flexibility index (Phi) is 8.40. The van der Waals surface area contributed by atoms with Crippen molar-refractivity contribution in [2.45, 2.75) is 13.8 Å². The molecule has 0 saturated heterocycles. The Hall–Kier alpha value is -5.37. The maximum absolute atomic E-state index is 11.9. The summed E-state index contributed by atoms with van der Waals surface area (Å²) in [7, 11) is 0. The van der Waals surface area contributed by atoms with Gasteiger partial charge in [0.05, 0.1) is 24.6 Å². The Labute approximate surface area is 237 Å². The van der Waals surface area contributed by atoms with Gasteiger partial charge in [0.25, 0.3) is 0 Å². The molecule has 0 bridgehead atoms. The summed E-state index contributed by atoms with van der Waals surface area (Å²) in [6.07, 6.45) is 11.1. The molecule has 1 N–H and O–H groups in total. The lowest BCUT2D eigenvalue weighted by atomic mass is 10.0. The maximum atomic E-state index is 11.9. The predicted octanol–water partition coefficient (Wildman–Crippen LogP) is 7.21. The van der Waals surface area contributed by atoms with E-state index in [9.17, 15) is 9.59 Å². The molecule has 1 aliphatic rings. The third-order valence-corrected chi connectivity index (χ3v) is 6.01. The van der Waals surface area contributed by atoms with Crippen LogP contribution in [-0.2, 0) is 9.47 Å². The van der Waals surface area contributed by atoms with Crippen molar-refractivity contribution in [3.05, 3.63) is 131 Å². The van der Waals surface area contributed by atoms with Crippen molar-refractivity contribution in [1.82, 2.24) is 4.98 Å². The average Bonchev–Trinajstić information content (AvgIpc) is 3.80. The number of carbonyl (C=O) groups excluding carboxylic acids is 2. The summed E-state index contributed by atoms with van der Waals surface area (Å²) < 4.78 is 21.1. The molecule has 8 heteroatoms. The molecule has 0 aliphatic carbocycles. The van der Waals surface area contributed by atoms with Crippen molar-refractivity contribution < 1.29 is 27.9 Å². The van der Waals surface area contributed by atoms with E-state index in [0.717, 1.165) is 33.9 Å². The highest BCUT2D eigenvalue weighted by atomic mass is 16.5. The summed E-state index contributed by atoms with van der Waals surface area (Å²) in [6, 6.07) is 20.6. The van der Waals surface area contributed by atoms with Gasteiger partial charge in [0.2, 0.25) is 11.5 Å². The molecule has 206 valence electrons. The van der Waals surface area contributed by atoms with Crippen molar-refractivity contribution in [3.63, 3.8) is 0 Å². The standard InChI is InChI=1S/C33H28N2O6/c1-3-38-32(36)29-20-16-25(40-29)14-10-23-12-18-27(34-23)31(22-8-6-5-7-9-22)28-19-13-24(35-28)11-15-26-17-21-30(41-26)33(37)39-4-2/h5-21,34H,3-4H2,1-2H3/b14-10+,15-11+,31-28-. The molecule has 4 aromatic rings. The summed E-state index contributed by atoms with van der Waals surface area (Å²) in [4.78, 5) is 32.0. The van der Waals surface area contributed by atoms with Crippen LogP contribution in [0.1, 0.15) is 63.4 Å². The minimum absolute atomic E-state index is 0.158.